The van der Waals surface area contributed by atoms with E-state index in [0.29, 0.717) is 0 Å². The summed E-state index contributed by atoms with van der Waals surface area (Å²) in [5.74, 6) is 0. The average molecular weight is 361 g/mol. The highest BCUT2D eigenvalue weighted by molar-refractivity contribution is 6.31. The van der Waals surface area contributed by atoms with Gasteiger partial charge in [0, 0.05) is 34.4 Å². The smallest absolute Gasteiger partial charge is 0.0945 e. The second kappa shape index (κ2) is 6.62. The molecule has 0 bridgehead atoms. The molecule has 0 spiro atoms. The Balaban J connectivity index is 1.96. The van der Waals surface area contributed by atoms with Crippen molar-refractivity contribution in [3.63, 3.8) is 0 Å². The summed E-state index contributed by atoms with van der Waals surface area (Å²) in [6, 6.07) is 18.7. The molecule has 0 unspecified atom stereocenters. The first-order valence-corrected chi connectivity index (χ1v) is 9.19. The van der Waals surface area contributed by atoms with Gasteiger partial charge in [0.2, 0.25) is 0 Å². The van der Waals surface area contributed by atoms with Gasteiger partial charge < -0.3 is 4.57 Å². The van der Waals surface area contributed by atoms with Crippen LogP contribution in [0.25, 0.3) is 22.2 Å². The molecular formula is C23H21ClN2. The Morgan fingerprint density at radius 2 is 1.65 bits per heavy atom. The normalized spacial score (nSPS) is 11.2. The van der Waals surface area contributed by atoms with Crippen LogP contribution in [0.4, 0.5) is 0 Å². The Bertz CT molecular complexity index is 1090. The number of aromatic nitrogens is 2. The van der Waals surface area contributed by atoms with Crippen molar-refractivity contribution in [3.05, 3.63) is 88.2 Å². The molecule has 0 atom stereocenters. The van der Waals surface area contributed by atoms with E-state index >= 15 is 0 Å². The maximum Gasteiger partial charge on any atom is 0.0945 e. The third-order valence-corrected chi connectivity index (χ3v) is 5.53. The van der Waals surface area contributed by atoms with E-state index in [2.05, 4.69) is 61.7 Å². The van der Waals surface area contributed by atoms with Crippen LogP contribution in [0.5, 0.6) is 0 Å². The maximum atomic E-state index is 6.43. The van der Waals surface area contributed by atoms with Gasteiger partial charge in [0.05, 0.1) is 11.2 Å². The minimum absolute atomic E-state index is 0.737. The zero-order chi connectivity index (χ0) is 18.3. The summed E-state index contributed by atoms with van der Waals surface area (Å²) in [5, 5.41) is 2.05. The SMILES string of the molecule is Cc1ccc(-c2nccc3c(C)c(C)n(Cc4ccccc4Cl)c23)cc1. The van der Waals surface area contributed by atoms with Crippen LogP contribution < -0.4 is 0 Å². The molecule has 2 heterocycles. The fourth-order valence-electron chi connectivity index (χ4n) is 3.51. The molecule has 3 heteroatoms. The molecule has 130 valence electrons. The second-order valence-electron chi connectivity index (χ2n) is 6.81. The van der Waals surface area contributed by atoms with Crippen molar-refractivity contribution in [2.24, 2.45) is 0 Å². The number of rotatable bonds is 3. The van der Waals surface area contributed by atoms with Crippen LogP contribution in [0.1, 0.15) is 22.4 Å². The molecule has 2 aromatic heterocycles. The van der Waals surface area contributed by atoms with Gasteiger partial charge >= 0.3 is 0 Å². The topological polar surface area (TPSA) is 17.8 Å². The summed E-state index contributed by atoms with van der Waals surface area (Å²) in [6.07, 6.45) is 1.91. The molecule has 0 aliphatic carbocycles. The molecule has 2 aromatic carbocycles. The fraction of sp³-hybridized carbons (Fsp3) is 0.174. The van der Waals surface area contributed by atoms with Crippen LogP contribution in [0.3, 0.4) is 0 Å². The Morgan fingerprint density at radius 3 is 2.38 bits per heavy atom. The van der Waals surface area contributed by atoms with Gasteiger partial charge in [0.15, 0.2) is 0 Å². The van der Waals surface area contributed by atoms with Crippen LogP contribution in [0.2, 0.25) is 5.02 Å². The lowest BCUT2D eigenvalue weighted by atomic mass is 10.1. The molecule has 0 saturated carbocycles. The third-order valence-electron chi connectivity index (χ3n) is 5.16. The number of fused-ring (bicyclic) bond motifs is 1. The second-order valence-corrected chi connectivity index (χ2v) is 7.22. The van der Waals surface area contributed by atoms with E-state index in [1.165, 1.54) is 27.7 Å². The molecule has 26 heavy (non-hydrogen) atoms. The summed E-state index contributed by atoms with van der Waals surface area (Å²) in [6.45, 7) is 7.19. The van der Waals surface area contributed by atoms with Crippen molar-refractivity contribution in [3.8, 4) is 11.3 Å². The number of pyridine rings is 1. The summed E-state index contributed by atoms with van der Waals surface area (Å²) in [4.78, 5) is 4.73. The molecule has 0 saturated heterocycles. The Morgan fingerprint density at radius 1 is 0.923 bits per heavy atom. The first kappa shape index (κ1) is 16.9. The lowest BCUT2D eigenvalue weighted by Crippen LogP contribution is -2.04. The molecule has 2 nitrogen and oxygen atoms in total. The highest BCUT2D eigenvalue weighted by Gasteiger charge is 2.17. The summed E-state index contributed by atoms with van der Waals surface area (Å²) in [7, 11) is 0. The minimum atomic E-state index is 0.737. The van der Waals surface area contributed by atoms with Crippen molar-refractivity contribution >= 4 is 22.5 Å². The largest absolute Gasteiger partial charge is 0.338 e. The van der Waals surface area contributed by atoms with E-state index in [4.69, 9.17) is 16.6 Å². The predicted octanol–water partition coefficient (Wildman–Crippen LogP) is 6.33. The Kier molecular flexibility index (Phi) is 4.29. The number of hydrogen-bond donors (Lipinski definition) is 0. The lowest BCUT2D eigenvalue weighted by Gasteiger charge is -2.13. The molecule has 0 amide bonds. The van der Waals surface area contributed by atoms with Crippen molar-refractivity contribution in [1.29, 1.82) is 0 Å². The van der Waals surface area contributed by atoms with Crippen LogP contribution >= 0.6 is 11.6 Å². The number of benzene rings is 2. The van der Waals surface area contributed by atoms with E-state index in [1.54, 1.807) is 0 Å². The highest BCUT2D eigenvalue weighted by atomic mass is 35.5. The summed E-state index contributed by atoms with van der Waals surface area (Å²) in [5.41, 5.74) is 8.24. The van der Waals surface area contributed by atoms with E-state index in [-0.39, 0.29) is 0 Å². The number of halogens is 1. The molecule has 4 aromatic rings. The van der Waals surface area contributed by atoms with Gasteiger partial charge in [0.1, 0.15) is 0 Å². The van der Waals surface area contributed by atoms with Crippen molar-refractivity contribution in [1.82, 2.24) is 9.55 Å². The lowest BCUT2D eigenvalue weighted by molar-refractivity contribution is 0.800. The standard InChI is InChI=1S/C23H21ClN2/c1-15-8-10-18(11-9-15)22-23-20(12-13-25-22)16(2)17(3)26(23)14-19-6-4-5-7-21(19)24/h4-13H,14H2,1-3H3. The molecule has 0 N–H and O–H groups in total. The quantitative estimate of drug-likeness (QED) is 0.417. The molecule has 0 aliphatic rings. The number of hydrogen-bond acceptors (Lipinski definition) is 1. The van der Waals surface area contributed by atoms with Gasteiger partial charge in [-0.05, 0) is 44.0 Å². The summed E-state index contributed by atoms with van der Waals surface area (Å²) >= 11 is 6.43. The van der Waals surface area contributed by atoms with Crippen LogP contribution in [-0.4, -0.2) is 9.55 Å². The van der Waals surface area contributed by atoms with Gasteiger partial charge in [-0.3, -0.25) is 4.98 Å². The Labute approximate surface area is 159 Å². The van der Waals surface area contributed by atoms with Gasteiger partial charge in [-0.2, -0.15) is 0 Å². The zero-order valence-electron chi connectivity index (χ0n) is 15.3. The number of aryl methyl sites for hydroxylation is 2. The summed E-state index contributed by atoms with van der Waals surface area (Å²) < 4.78 is 2.34. The van der Waals surface area contributed by atoms with Crippen molar-refractivity contribution < 1.29 is 0 Å². The third kappa shape index (κ3) is 2.81. The predicted molar refractivity (Wildman–Crippen MR) is 110 cm³/mol. The van der Waals surface area contributed by atoms with E-state index in [0.717, 1.165) is 28.4 Å². The molecule has 0 fully saturated rings. The van der Waals surface area contributed by atoms with Crippen molar-refractivity contribution in [2.75, 3.05) is 0 Å². The highest BCUT2D eigenvalue weighted by Crippen LogP contribution is 2.33. The maximum absolute atomic E-state index is 6.43. The average Bonchev–Trinajstić information content (AvgIpc) is 2.89. The van der Waals surface area contributed by atoms with Gasteiger partial charge in [-0.25, -0.2) is 0 Å². The van der Waals surface area contributed by atoms with Crippen LogP contribution in [0.15, 0.2) is 60.8 Å². The first-order chi connectivity index (χ1) is 12.6. The van der Waals surface area contributed by atoms with E-state index < -0.39 is 0 Å². The molecule has 0 radical (unpaired) electrons. The minimum Gasteiger partial charge on any atom is -0.338 e. The zero-order valence-corrected chi connectivity index (χ0v) is 16.0. The first-order valence-electron chi connectivity index (χ1n) is 8.81. The van der Waals surface area contributed by atoms with Gasteiger partial charge in [-0.1, -0.05) is 59.6 Å². The molecule has 4 rings (SSSR count). The molecular weight excluding hydrogens is 340 g/mol. The van der Waals surface area contributed by atoms with Crippen molar-refractivity contribution in [2.45, 2.75) is 27.3 Å². The molecule has 0 aliphatic heterocycles. The van der Waals surface area contributed by atoms with E-state index in [1.807, 2.05) is 24.4 Å². The monoisotopic (exact) mass is 360 g/mol. The van der Waals surface area contributed by atoms with E-state index in [9.17, 15) is 0 Å². The Hall–Kier alpha value is -2.58. The fourth-order valence-corrected chi connectivity index (χ4v) is 3.71. The van der Waals surface area contributed by atoms with Crippen LogP contribution in [-0.2, 0) is 6.54 Å². The number of nitrogens with zero attached hydrogens (tertiary/aromatic N) is 2. The van der Waals surface area contributed by atoms with Crippen LogP contribution in [0, 0.1) is 20.8 Å². The van der Waals surface area contributed by atoms with Gasteiger partial charge in [-0.15, -0.1) is 0 Å². The van der Waals surface area contributed by atoms with Gasteiger partial charge in [0.25, 0.3) is 0 Å².